The van der Waals surface area contributed by atoms with E-state index in [0.717, 1.165) is 27.1 Å². The van der Waals surface area contributed by atoms with Gasteiger partial charge in [-0.3, -0.25) is 4.79 Å². The number of hydrogen-bond acceptors (Lipinski definition) is 8. The second kappa shape index (κ2) is 8.87. The highest BCUT2D eigenvalue weighted by molar-refractivity contribution is 7.98. The van der Waals surface area contributed by atoms with Crippen molar-refractivity contribution in [3.05, 3.63) is 63.4 Å². The zero-order valence-corrected chi connectivity index (χ0v) is 17.5. The van der Waals surface area contributed by atoms with Gasteiger partial charge in [0, 0.05) is 11.4 Å². The van der Waals surface area contributed by atoms with Gasteiger partial charge in [-0.05, 0) is 54.8 Å². The lowest BCUT2D eigenvalue weighted by Crippen LogP contribution is -2.32. The average Bonchev–Trinajstić information content (AvgIpc) is 2.70. The van der Waals surface area contributed by atoms with Crippen molar-refractivity contribution in [1.82, 2.24) is 14.9 Å². The van der Waals surface area contributed by atoms with E-state index >= 15 is 0 Å². The molecule has 8 nitrogen and oxygen atoms in total. The summed E-state index contributed by atoms with van der Waals surface area (Å²) in [6, 6.07) is 11.5. The first kappa shape index (κ1) is 20.5. The molecular formula is C20H23N5O3S. The molecule has 0 aliphatic heterocycles. The fourth-order valence-electron chi connectivity index (χ4n) is 2.86. The zero-order valence-electron chi connectivity index (χ0n) is 16.7. The fourth-order valence-corrected chi connectivity index (χ4v) is 3.66. The molecule has 9 heteroatoms. The molecule has 0 aliphatic carbocycles. The largest absolute Gasteiger partial charge is 0.493 e. The summed E-state index contributed by atoms with van der Waals surface area (Å²) in [5.74, 6) is 7.86. The number of nitrogens with two attached hydrogens (primary N) is 1. The lowest BCUT2D eigenvalue weighted by atomic mass is 10.1. The third-order valence-electron chi connectivity index (χ3n) is 4.16. The number of ether oxygens (including phenoxy) is 2. The van der Waals surface area contributed by atoms with Crippen molar-refractivity contribution < 1.29 is 9.47 Å². The molecule has 152 valence electrons. The van der Waals surface area contributed by atoms with Crippen LogP contribution in [0.1, 0.15) is 16.7 Å². The number of aryl methyl sites for hydroxylation is 2. The Balaban J connectivity index is 1.76. The van der Waals surface area contributed by atoms with Crippen LogP contribution in [0.3, 0.4) is 0 Å². The lowest BCUT2D eigenvalue weighted by molar-refractivity contribution is 0.354. The molecule has 0 saturated carbocycles. The minimum absolute atomic E-state index is 0.0768. The molecule has 1 aromatic heterocycles. The van der Waals surface area contributed by atoms with Crippen LogP contribution in [0.15, 0.2) is 46.3 Å². The van der Waals surface area contributed by atoms with E-state index in [1.54, 1.807) is 14.2 Å². The normalized spacial score (nSPS) is 10.6. The summed E-state index contributed by atoms with van der Waals surface area (Å²) in [7, 11) is 3.17. The first-order valence-corrected chi connectivity index (χ1v) is 9.83. The molecule has 29 heavy (non-hydrogen) atoms. The van der Waals surface area contributed by atoms with Gasteiger partial charge in [-0.1, -0.05) is 23.9 Å². The lowest BCUT2D eigenvalue weighted by Gasteiger charge is -2.11. The summed E-state index contributed by atoms with van der Waals surface area (Å²) >= 11 is 1.31. The number of anilines is 2. The second-order valence-electron chi connectivity index (χ2n) is 6.49. The third kappa shape index (κ3) is 4.80. The molecule has 0 atom stereocenters. The minimum Gasteiger partial charge on any atom is -0.493 e. The Bertz CT molecular complexity index is 1060. The van der Waals surface area contributed by atoms with Gasteiger partial charge in [0.2, 0.25) is 11.0 Å². The Kier molecular flexibility index (Phi) is 6.28. The Morgan fingerprint density at radius 3 is 2.38 bits per heavy atom. The Morgan fingerprint density at radius 2 is 1.72 bits per heavy atom. The van der Waals surface area contributed by atoms with E-state index in [9.17, 15) is 4.79 Å². The second-order valence-corrected chi connectivity index (χ2v) is 7.43. The minimum atomic E-state index is -0.450. The summed E-state index contributed by atoms with van der Waals surface area (Å²) in [6.07, 6.45) is 0. The maximum Gasteiger partial charge on any atom is 0.315 e. The van der Waals surface area contributed by atoms with Gasteiger partial charge in [-0.15, -0.1) is 10.2 Å². The molecule has 3 aromatic rings. The van der Waals surface area contributed by atoms with Crippen LogP contribution < -0.4 is 26.2 Å². The molecule has 0 amide bonds. The van der Waals surface area contributed by atoms with Crippen LogP contribution in [-0.2, 0) is 5.75 Å². The van der Waals surface area contributed by atoms with E-state index in [4.69, 9.17) is 15.3 Å². The van der Waals surface area contributed by atoms with Crippen molar-refractivity contribution in [3.8, 4) is 11.5 Å². The molecule has 2 aromatic carbocycles. The van der Waals surface area contributed by atoms with Crippen LogP contribution in [0.2, 0.25) is 0 Å². The molecule has 3 N–H and O–H groups in total. The predicted molar refractivity (Wildman–Crippen MR) is 115 cm³/mol. The van der Waals surface area contributed by atoms with Crippen molar-refractivity contribution >= 4 is 23.3 Å². The molecule has 0 saturated heterocycles. The van der Waals surface area contributed by atoms with Crippen LogP contribution >= 0.6 is 11.8 Å². The first-order chi connectivity index (χ1) is 13.9. The average molecular weight is 414 g/mol. The Morgan fingerprint density at radius 1 is 1.03 bits per heavy atom. The summed E-state index contributed by atoms with van der Waals surface area (Å²) in [5.41, 5.74) is 3.44. The molecule has 0 aliphatic rings. The maximum atomic E-state index is 12.6. The van der Waals surface area contributed by atoms with E-state index in [-0.39, 0.29) is 5.82 Å². The van der Waals surface area contributed by atoms with E-state index in [0.29, 0.717) is 22.4 Å². The monoisotopic (exact) mass is 413 g/mol. The van der Waals surface area contributed by atoms with Gasteiger partial charge in [0.15, 0.2) is 11.5 Å². The number of rotatable bonds is 7. The fraction of sp³-hybridized carbons (Fsp3) is 0.250. The van der Waals surface area contributed by atoms with Crippen molar-refractivity contribution in [2.75, 3.05) is 25.4 Å². The summed E-state index contributed by atoms with van der Waals surface area (Å²) in [6.45, 7) is 3.97. The van der Waals surface area contributed by atoms with Gasteiger partial charge < -0.3 is 20.6 Å². The van der Waals surface area contributed by atoms with Gasteiger partial charge in [-0.25, -0.2) is 0 Å². The van der Waals surface area contributed by atoms with Crippen molar-refractivity contribution in [2.24, 2.45) is 0 Å². The number of hydrogen-bond donors (Lipinski definition) is 2. The van der Waals surface area contributed by atoms with Gasteiger partial charge in [0.1, 0.15) is 0 Å². The molecule has 3 rings (SSSR count). The van der Waals surface area contributed by atoms with Crippen LogP contribution in [0.4, 0.5) is 11.5 Å². The van der Waals surface area contributed by atoms with Gasteiger partial charge in [-0.2, -0.15) is 4.68 Å². The molecule has 0 spiro atoms. The summed E-state index contributed by atoms with van der Waals surface area (Å²) < 4.78 is 11.6. The SMILES string of the molecule is COc1ccc(CSc2nnc(Nc3cc(C)cc(C)c3)c(=O)n2N)cc1OC. The number of benzene rings is 2. The smallest absolute Gasteiger partial charge is 0.315 e. The van der Waals surface area contributed by atoms with Gasteiger partial charge >= 0.3 is 5.56 Å². The number of nitrogens with zero attached hydrogens (tertiary/aromatic N) is 3. The topological polar surface area (TPSA) is 104 Å². The van der Waals surface area contributed by atoms with Crippen molar-refractivity contribution in [3.63, 3.8) is 0 Å². The summed E-state index contributed by atoms with van der Waals surface area (Å²) in [4.78, 5) is 12.6. The van der Waals surface area contributed by atoms with Crippen molar-refractivity contribution in [1.29, 1.82) is 0 Å². The maximum absolute atomic E-state index is 12.6. The molecule has 0 unspecified atom stereocenters. The number of nitrogens with one attached hydrogen (secondary N) is 1. The van der Waals surface area contributed by atoms with E-state index in [2.05, 4.69) is 15.5 Å². The molecule has 0 radical (unpaired) electrons. The first-order valence-electron chi connectivity index (χ1n) is 8.85. The highest BCUT2D eigenvalue weighted by Gasteiger charge is 2.12. The Labute approximate surface area is 173 Å². The van der Waals surface area contributed by atoms with Crippen LogP contribution in [0, 0.1) is 13.8 Å². The third-order valence-corrected chi connectivity index (χ3v) is 5.18. The predicted octanol–water partition coefficient (Wildman–Crippen LogP) is 3.02. The van der Waals surface area contributed by atoms with Gasteiger partial charge in [0.05, 0.1) is 14.2 Å². The van der Waals surface area contributed by atoms with E-state index in [1.165, 1.54) is 11.8 Å². The Hall–Kier alpha value is -3.20. The quantitative estimate of drug-likeness (QED) is 0.450. The number of nitrogen functional groups attached to an aromatic ring is 1. The number of thioether (sulfide) groups is 1. The number of methoxy groups -OCH3 is 2. The molecule has 0 bridgehead atoms. The zero-order chi connectivity index (χ0) is 21.0. The number of aromatic nitrogens is 3. The van der Waals surface area contributed by atoms with Crippen LogP contribution in [-0.4, -0.2) is 29.1 Å². The van der Waals surface area contributed by atoms with E-state index < -0.39 is 5.56 Å². The standard InChI is InChI=1S/C20H23N5O3S/c1-12-7-13(2)9-15(8-12)22-18-19(26)25(21)20(24-23-18)29-11-14-5-6-16(27-3)17(10-14)28-4/h5-10H,11,21H2,1-4H3,(H,22,23). The van der Waals surface area contributed by atoms with Gasteiger partial charge in [0.25, 0.3) is 0 Å². The van der Waals surface area contributed by atoms with Crippen LogP contribution in [0.25, 0.3) is 0 Å². The van der Waals surface area contributed by atoms with Crippen LogP contribution in [0.5, 0.6) is 11.5 Å². The van der Waals surface area contributed by atoms with E-state index in [1.807, 2.05) is 50.2 Å². The molecule has 0 fully saturated rings. The summed E-state index contributed by atoms with van der Waals surface area (Å²) in [5, 5.41) is 11.4. The highest BCUT2D eigenvalue weighted by Crippen LogP contribution is 2.30. The molecule has 1 heterocycles. The highest BCUT2D eigenvalue weighted by atomic mass is 32.2. The van der Waals surface area contributed by atoms with Crippen molar-refractivity contribution in [2.45, 2.75) is 24.8 Å². The molecular weight excluding hydrogens is 390 g/mol.